The Morgan fingerprint density at radius 1 is 0.833 bits per heavy atom. The van der Waals surface area contributed by atoms with Crippen molar-refractivity contribution >= 4 is 5.91 Å². The van der Waals surface area contributed by atoms with E-state index in [1.165, 1.54) is 12.1 Å². The van der Waals surface area contributed by atoms with Crippen LogP contribution in [0.4, 0.5) is 13.2 Å². The van der Waals surface area contributed by atoms with Crippen molar-refractivity contribution in [3.05, 3.63) is 84.2 Å². The van der Waals surface area contributed by atoms with E-state index in [0.29, 0.717) is 28.1 Å². The molecule has 5 nitrogen and oxygen atoms in total. The third kappa shape index (κ3) is 3.67. The second-order valence-electron chi connectivity index (χ2n) is 6.54. The van der Waals surface area contributed by atoms with Gasteiger partial charge in [0.1, 0.15) is 0 Å². The Labute approximate surface area is 169 Å². The van der Waals surface area contributed by atoms with Gasteiger partial charge in [-0.1, -0.05) is 60.7 Å². The Kier molecular flexibility index (Phi) is 4.83. The van der Waals surface area contributed by atoms with E-state index in [2.05, 4.69) is 15.2 Å². The Hall–Kier alpha value is -3.94. The summed E-state index contributed by atoms with van der Waals surface area (Å²) in [4.78, 5) is 15.3. The minimum absolute atomic E-state index is 0.0988. The normalized spacial score (nSPS) is 11.4. The van der Waals surface area contributed by atoms with E-state index in [4.69, 9.17) is 5.73 Å². The number of benzene rings is 3. The van der Waals surface area contributed by atoms with Crippen molar-refractivity contribution in [3.8, 4) is 33.6 Å². The maximum atomic E-state index is 13.6. The first kappa shape index (κ1) is 19.4. The zero-order valence-electron chi connectivity index (χ0n) is 15.4. The maximum absolute atomic E-state index is 13.6. The highest BCUT2D eigenvalue weighted by molar-refractivity contribution is 5.89. The molecule has 0 bridgehead atoms. The number of primary amides is 1. The highest BCUT2D eigenvalue weighted by Crippen LogP contribution is 2.40. The second-order valence-corrected chi connectivity index (χ2v) is 6.54. The SMILES string of the molecule is NC(=O)c1n[nH]c(-c2cccc(-c3ccccc3-c3ccccc3C(F)(F)F)c2)n1. The fraction of sp³-hybridized carbons (Fsp3) is 0.0455. The number of H-pyrrole nitrogens is 1. The fourth-order valence-electron chi connectivity index (χ4n) is 3.27. The topological polar surface area (TPSA) is 84.7 Å². The summed E-state index contributed by atoms with van der Waals surface area (Å²) in [7, 11) is 0. The van der Waals surface area contributed by atoms with Crippen molar-refractivity contribution in [2.45, 2.75) is 6.18 Å². The third-order valence-corrected chi connectivity index (χ3v) is 4.60. The number of nitrogens with two attached hydrogens (primary N) is 1. The monoisotopic (exact) mass is 408 g/mol. The van der Waals surface area contributed by atoms with Crippen molar-refractivity contribution in [3.63, 3.8) is 0 Å². The number of aromatic amines is 1. The predicted octanol–water partition coefficient (Wildman–Crippen LogP) is 4.92. The number of hydrogen-bond donors (Lipinski definition) is 2. The summed E-state index contributed by atoms with van der Waals surface area (Å²) in [5.74, 6) is -0.573. The molecule has 4 aromatic rings. The van der Waals surface area contributed by atoms with Crippen LogP contribution in [0.25, 0.3) is 33.6 Å². The zero-order chi connectivity index (χ0) is 21.3. The van der Waals surface area contributed by atoms with E-state index in [-0.39, 0.29) is 11.4 Å². The van der Waals surface area contributed by atoms with E-state index >= 15 is 0 Å². The Morgan fingerprint density at radius 3 is 2.13 bits per heavy atom. The minimum atomic E-state index is -4.48. The van der Waals surface area contributed by atoms with Crippen LogP contribution in [0.3, 0.4) is 0 Å². The van der Waals surface area contributed by atoms with Crippen molar-refractivity contribution in [2.75, 3.05) is 0 Å². The summed E-state index contributed by atoms with van der Waals surface area (Å²) in [6.07, 6.45) is -4.48. The number of amides is 1. The van der Waals surface area contributed by atoms with Crippen LogP contribution < -0.4 is 5.73 Å². The van der Waals surface area contributed by atoms with Crippen LogP contribution in [0.15, 0.2) is 72.8 Å². The van der Waals surface area contributed by atoms with E-state index in [1.807, 2.05) is 0 Å². The van der Waals surface area contributed by atoms with Gasteiger partial charge in [0.25, 0.3) is 5.91 Å². The molecular weight excluding hydrogens is 393 g/mol. The van der Waals surface area contributed by atoms with Gasteiger partial charge >= 0.3 is 6.18 Å². The summed E-state index contributed by atoms with van der Waals surface area (Å²) in [5, 5.41) is 6.41. The van der Waals surface area contributed by atoms with Gasteiger partial charge in [-0.2, -0.15) is 13.2 Å². The molecule has 1 aromatic heterocycles. The quantitative estimate of drug-likeness (QED) is 0.502. The largest absolute Gasteiger partial charge is 0.417 e. The number of nitrogens with one attached hydrogen (secondary N) is 1. The second kappa shape index (κ2) is 7.47. The first-order chi connectivity index (χ1) is 14.3. The third-order valence-electron chi connectivity index (χ3n) is 4.60. The van der Waals surface area contributed by atoms with Crippen molar-refractivity contribution in [2.24, 2.45) is 5.73 Å². The van der Waals surface area contributed by atoms with Crippen LogP contribution >= 0.6 is 0 Å². The predicted molar refractivity (Wildman–Crippen MR) is 106 cm³/mol. The van der Waals surface area contributed by atoms with Crippen LogP contribution in [0, 0.1) is 0 Å². The molecule has 3 aromatic carbocycles. The molecule has 3 N–H and O–H groups in total. The maximum Gasteiger partial charge on any atom is 0.417 e. The molecule has 1 heterocycles. The number of alkyl halides is 3. The molecule has 0 fully saturated rings. The summed E-state index contributed by atoms with van der Waals surface area (Å²) in [6, 6.07) is 19.4. The lowest BCUT2D eigenvalue weighted by Crippen LogP contribution is -2.12. The number of halogens is 3. The highest BCUT2D eigenvalue weighted by Gasteiger charge is 2.33. The molecule has 4 rings (SSSR count). The molecule has 1 amide bonds. The lowest BCUT2D eigenvalue weighted by atomic mass is 9.91. The Morgan fingerprint density at radius 2 is 1.47 bits per heavy atom. The number of carbonyl (C=O) groups is 1. The van der Waals surface area contributed by atoms with E-state index in [1.54, 1.807) is 54.6 Å². The summed E-state index contributed by atoms with van der Waals surface area (Å²) >= 11 is 0. The van der Waals surface area contributed by atoms with Crippen molar-refractivity contribution in [1.82, 2.24) is 15.2 Å². The molecule has 0 spiro atoms. The Bertz CT molecular complexity index is 1230. The van der Waals surface area contributed by atoms with Crippen molar-refractivity contribution < 1.29 is 18.0 Å². The lowest BCUT2D eigenvalue weighted by molar-refractivity contribution is -0.137. The van der Waals surface area contributed by atoms with Gasteiger partial charge < -0.3 is 5.73 Å². The molecule has 0 radical (unpaired) electrons. The first-order valence-electron chi connectivity index (χ1n) is 8.93. The minimum Gasteiger partial charge on any atom is -0.363 e. The summed E-state index contributed by atoms with van der Waals surface area (Å²) < 4.78 is 40.7. The number of rotatable bonds is 4. The van der Waals surface area contributed by atoms with Crippen LogP contribution in [0.2, 0.25) is 0 Å². The molecule has 150 valence electrons. The molecular formula is C22H15F3N4O. The number of hydrogen-bond acceptors (Lipinski definition) is 3. The summed E-state index contributed by atoms with van der Waals surface area (Å²) in [6.45, 7) is 0. The average molecular weight is 408 g/mol. The Balaban J connectivity index is 1.84. The van der Waals surface area contributed by atoms with Crippen LogP contribution in [-0.2, 0) is 6.18 Å². The molecule has 0 atom stereocenters. The van der Waals surface area contributed by atoms with E-state index in [9.17, 15) is 18.0 Å². The standard InChI is InChI=1S/C22H15F3N4O/c23-22(24,25)18-11-4-3-10-17(18)16-9-2-1-8-15(16)13-6-5-7-14(12-13)20-27-21(19(26)30)29-28-20/h1-12H,(H2,26,30)(H,27,28,29). The van der Waals surface area contributed by atoms with Gasteiger partial charge in [-0.3, -0.25) is 9.89 Å². The van der Waals surface area contributed by atoms with Gasteiger partial charge in [0, 0.05) is 5.56 Å². The summed E-state index contributed by atoms with van der Waals surface area (Å²) in [5.41, 5.74) is 6.98. The van der Waals surface area contributed by atoms with Gasteiger partial charge in [-0.05, 0) is 34.4 Å². The van der Waals surface area contributed by atoms with E-state index in [0.717, 1.165) is 6.07 Å². The van der Waals surface area contributed by atoms with Gasteiger partial charge in [0.05, 0.1) is 5.56 Å². The van der Waals surface area contributed by atoms with Crippen LogP contribution in [0.1, 0.15) is 16.2 Å². The van der Waals surface area contributed by atoms with Gasteiger partial charge in [0.2, 0.25) is 5.82 Å². The lowest BCUT2D eigenvalue weighted by Gasteiger charge is -2.16. The molecule has 0 saturated heterocycles. The molecule has 0 aliphatic rings. The van der Waals surface area contributed by atoms with Crippen LogP contribution in [0.5, 0.6) is 0 Å². The zero-order valence-corrected chi connectivity index (χ0v) is 15.4. The number of carbonyl (C=O) groups excluding carboxylic acids is 1. The number of nitrogens with zero attached hydrogens (tertiary/aromatic N) is 2. The first-order valence-corrected chi connectivity index (χ1v) is 8.93. The molecule has 0 unspecified atom stereocenters. The number of aromatic nitrogens is 3. The van der Waals surface area contributed by atoms with E-state index < -0.39 is 17.6 Å². The molecule has 0 aliphatic carbocycles. The average Bonchev–Trinajstić information content (AvgIpc) is 3.24. The van der Waals surface area contributed by atoms with Crippen molar-refractivity contribution in [1.29, 1.82) is 0 Å². The molecule has 0 aliphatic heterocycles. The smallest absolute Gasteiger partial charge is 0.363 e. The molecule has 8 heteroatoms. The molecule has 30 heavy (non-hydrogen) atoms. The molecule has 0 saturated carbocycles. The van der Waals surface area contributed by atoms with Gasteiger partial charge in [-0.15, -0.1) is 5.10 Å². The van der Waals surface area contributed by atoms with Crippen LogP contribution in [-0.4, -0.2) is 21.1 Å². The fourth-order valence-corrected chi connectivity index (χ4v) is 3.27. The van der Waals surface area contributed by atoms with Gasteiger partial charge in [0.15, 0.2) is 5.82 Å². The highest BCUT2D eigenvalue weighted by atomic mass is 19.4. The van der Waals surface area contributed by atoms with Gasteiger partial charge in [-0.25, -0.2) is 4.98 Å².